The van der Waals surface area contributed by atoms with Crippen LogP contribution in [0.2, 0.25) is 0 Å². The molecule has 3 aromatic carbocycles. The molecular weight excluding hydrogens is 392 g/mol. The van der Waals surface area contributed by atoms with Gasteiger partial charge in [-0.05, 0) is 29.8 Å². The lowest BCUT2D eigenvalue weighted by Crippen LogP contribution is -2.21. The number of sulfonamides is 1. The second kappa shape index (κ2) is 8.76. The molecule has 0 unspecified atom stereocenters. The van der Waals surface area contributed by atoms with Crippen molar-refractivity contribution in [3.8, 4) is 22.6 Å². The van der Waals surface area contributed by atoms with Gasteiger partial charge >= 0.3 is 0 Å². The van der Waals surface area contributed by atoms with Crippen molar-refractivity contribution < 1.29 is 22.7 Å². The SMILES string of the molecule is COc1ccc(NC(=O)COc2ccccc2-c2ccccc2)cc1S(N)(=O)=O. The Balaban J connectivity index is 1.72. The zero-order valence-electron chi connectivity index (χ0n) is 15.7. The van der Waals surface area contributed by atoms with E-state index in [2.05, 4.69) is 5.32 Å². The molecule has 0 aromatic heterocycles. The first kappa shape index (κ1) is 20.4. The first-order valence-electron chi connectivity index (χ1n) is 8.66. The fourth-order valence-electron chi connectivity index (χ4n) is 2.77. The smallest absolute Gasteiger partial charge is 0.262 e. The predicted octanol–water partition coefficient (Wildman–Crippen LogP) is 3.03. The number of primary sulfonamides is 1. The Morgan fingerprint density at radius 3 is 2.34 bits per heavy atom. The Labute approximate surface area is 169 Å². The van der Waals surface area contributed by atoms with Gasteiger partial charge in [-0.3, -0.25) is 4.79 Å². The maximum Gasteiger partial charge on any atom is 0.262 e. The highest BCUT2D eigenvalue weighted by molar-refractivity contribution is 7.89. The Hall–Kier alpha value is -3.36. The molecule has 0 spiro atoms. The van der Waals surface area contributed by atoms with E-state index in [4.69, 9.17) is 14.6 Å². The first-order valence-corrected chi connectivity index (χ1v) is 10.2. The zero-order valence-corrected chi connectivity index (χ0v) is 16.5. The van der Waals surface area contributed by atoms with Crippen LogP contribution in [0.1, 0.15) is 0 Å². The first-order chi connectivity index (χ1) is 13.9. The van der Waals surface area contributed by atoms with Gasteiger partial charge in [0.1, 0.15) is 16.4 Å². The van der Waals surface area contributed by atoms with Crippen LogP contribution in [0.3, 0.4) is 0 Å². The molecule has 0 aliphatic heterocycles. The van der Waals surface area contributed by atoms with Gasteiger partial charge in [0.15, 0.2) is 6.61 Å². The lowest BCUT2D eigenvalue weighted by molar-refractivity contribution is -0.118. The van der Waals surface area contributed by atoms with E-state index in [1.54, 1.807) is 6.07 Å². The fraction of sp³-hybridized carbons (Fsp3) is 0.0952. The third kappa shape index (κ3) is 5.13. The monoisotopic (exact) mass is 412 g/mol. The summed E-state index contributed by atoms with van der Waals surface area (Å²) >= 11 is 0. The molecule has 0 saturated carbocycles. The number of amides is 1. The van der Waals surface area contributed by atoms with E-state index < -0.39 is 15.9 Å². The van der Waals surface area contributed by atoms with E-state index in [0.29, 0.717) is 5.75 Å². The zero-order chi connectivity index (χ0) is 20.9. The van der Waals surface area contributed by atoms with Crippen LogP contribution in [0.5, 0.6) is 11.5 Å². The van der Waals surface area contributed by atoms with E-state index >= 15 is 0 Å². The average molecular weight is 412 g/mol. The lowest BCUT2D eigenvalue weighted by Gasteiger charge is -2.13. The van der Waals surface area contributed by atoms with Gasteiger partial charge in [-0.1, -0.05) is 48.5 Å². The molecule has 3 N–H and O–H groups in total. The molecule has 1 amide bonds. The summed E-state index contributed by atoms with van der Waals surface area (Å²) in [6.45, 7) is -0.249. The number of para-hydroxylation sites is 1. The summed E-state index contributed by atoms with van der Waals surface area (Å²) in [5.41, 5.74) is 2.10. The summed E-state index contributed by atoms with van der Waals surface area (Å²) in [5.74, 6) is 0.214. The van der Waals surface area contributed by atoms with Crippen LogP contribution in [-0.2, 0) is 14.8 Å². The van der Waals surface area contributed by atoms with Crippen molar-refractivity contribution in [1.82, 2.24) is 0 Å². The number of benzene rings is 3. The van der Waals surface area contributed by atoms with Gasteiger partial charge in [0.25, 0.3) is 5.91 Å². The van der Waals surface area contributed by atoms with E-state index in [-0.39, 0.29) is 22.9 Å². The Kier molecular flexibility index (Phi) is 6.16. The third-order valence-electron chi connectivity index (χ3n) is 4.08. The second-order valence-electron chi connectivity index (χ2n) is 6.11. The summed E-state index contributed by atoms with van der Waals surface area (Å²) in [5, 5.41) is 7.79. The van der Waals surface area contributed by atoms with Gasteiger partial charge < -0.3 is 14.8 Å². The van der Waals surface area contributed by atoms with Crippen LogP contribution >= 0.6 is 0 Å². The van der Waals surface area contributed by atoms with Gasteiger partial charge in [-0.2, -0.15) is 0 Å². The molecule has 0 saturated heterocycles. The Morgan fingerprint density at radius 1 is 0.966 bits per heavy atom. The normalized spacial score (nSPS) is 11.0. The van der Waals surface area contributed by atoms with Gasteiger partial charge in [-0.25, -0.2) is 13.6 Å². The highest BCUT2D eigenvalue weighted by Gasteiger charge is 2.16. The molecular formula is C21H20N2O5S. The quantitative estimate of drug-likeness (QED) is 0.620. The minimum absolute atomic E-state index is 0.0959. The number of rotatable bonds is 7. The summed E-state index contributed by atoms with van der Waals surface area (Å²) in [6.07, 6.45) is 0. The summed E-state index contributed by atoms with van der Waals surface area (Å²) < 4.78 is 34.1. The van der Waals surface area contributed by atoms with Crippen LogP contribution in [0.15, 0.2) is 77.7 Å². The molecule has 0 atom stereocenters. The molecule has 0 radical (unpaired) electrons. The van der Waals surface area contributed by atoms with Crippen LogP contribution < -0.4 is 19.9 Å². The minimum Gasteiger partial charge on any atom is -0.495 e. The van der Waals surface area contributed by atoms with Crippen LogP contribution in [-0.4, -0.2) is 28.0 Å². The van der Waals surface area contributed by atoms with Crippen molar-refractivity contribution in [1.29, 1.82) is 0 Å². The van der Waals surface area contributed by atoms with Crippen molar-refractivity contribution >= 4 is 21.6 Å². The molecule has 3 rings (SSSR count). The largest absolute Gasteiger partial charge is 0.495 e. The Morgan fingerprint density at radius 2 is 1.66 bits per heavy atom. The van der Waals surface area contributed by atoms with E-state index in [9.17, 15) is 13.2 Å². The number of nitrogens with one attached hydrogen (secondary N) is 1. The molecule has 29 heavy (non-hydrogen) atoms. The summed E-state index contributed by atoms with van der Waals surface area (Å²) in [7, 11) is -2.67. The molecule has 0 fully saturated rings. The van der Waals surface area contributed by atoms with Gasteiger partial charge in [0.2, 0.25) is 10.0 Å². The number of carbonyl (C=O) groups is 1. The Bertz CT molecular complexity index is 1110. The fourth-order valence-corrected chi connectivity index (χ4v) is 3.49. The van der Waals surface area contributed by atoms with E-state index in [1.807, 2.05) is 48.5 Å². The number of ether oxygens (including phenoxy) is 2. The van der Waals surface area contributed by atoms with Crippen LogP contribution in [0.25, 0.3) is 11.1 Å². The number of nitrogens with two attached hydrogens (primary N) is 1. The highest BCUT2D eigenvalue weighted by atomic mass is 32.2. The van der Waals surface area contributed by atoms with Crippen molar-refractivity contribution in [3.63, 3.8) is 0 Å². The van der Waals surface area contributed by atoms with Gasteiger partial charge in [0.05, 0.1) is 7.11 Å². The molecule has 3 aromatic rings. The molecule has 0 bridgehead atoms. The molecule has 0 aliphatic carbocycles. The van der Waals surface area contributed by atoms with Crippen molar-refractivity contribution in [2.24, 2.45) is 5.14 Å². The van der Waals surface area contributed by atoms with Crippen molar-refractivity contribution in [2.75, 3.05) is 19.0 Å². The maximum atomic E-state index is 12.3. The molecule has 150 valence electrons. The van der Waals surface area contributed by atoms with Crippen molar-refractivity contribution in [3.05, 3.63) is 72.8 Å². The summed E-state index contributed by atoms with van der Waals surface area (Å²) in [4.78, 5) is 12.1. The van der Waals surface area contributed by atoms with Crippen LogP contribution in [0.4, 0.5) is 5.69 Å². The van der Waals surface area contributed by atoms with Crippen LogP contribution in [0, 0.1) is 0 Å². The number of carbonyl (C=O) groups excluding carboxylic acids is 1. The maximum absolute atomic E-state index is 12.3. The highest BCUT2D eigenvalue weighted by Crippen LogP contribution is 2.30. The molecule has 7 nitrogen and oxygen atoms in total. The average Bonchev–Trinajstić information content (AvgIpc) is 2.72. The molecule has 0 heterocycles. The summed E-state index contributed by atoms with van der Waals surface area (Å²) in [6, 6.07) is 21.2. The predicted molar refractivity (Wildman–Crippen MR) is 110 cm³/mol. The second-order valence-corrected chi connectivity index (χ2v) is 7.64. The number of hydrogen-bond donors (Lipinski definition) is 2. The van der Waals surface area contributed by atoms with Gasteiger partial charge in [-0.15, -0.1) is 0 Å². The molecule has 0 aliphatic rings. The topological polar surface area (TPSA) is 108 Å². The van der Waals surface area contributed by atoms with Gasteiger partial charge in [0, 0.05) is 11.3 Å². The number of anilines is 1. The third-order valence-corrected chi connectivity index (χ3v) is 5.02. The van der Waals surface area contributed by atoms with E-state index in [1.165, 1.54) is 25.3 Å². The number of hydrogen-bond acceptors (Lipinski definition) is 5. The standard InChI is InChI=1S/C21H20N2O5S/c1-27-19-12-11-16(13-20(19)29(22,25)26)23-21(24)14-28-18-10-6-5-9-17(18)15-7-3-2-4-8-15/h2-13H,14H2,1H3,(H,23,24)(H2,22,25,26). The minimum atomic E-state index is -4.00. The van der Waals surface area contributed by atoms with Crippen molar-refractivity contribution in [2.45, 2.75) is 4.90 Å². The molecule has 8 heteroatoms. The number of methoxy groups -OCH3 is 1. The van der Waals surface area contributed by atoms with E-state index in [0.717, 1.165) is 11.1 Å². The lowest BCUT2D eigenvalue weighted by atomic mass is 10.1.